The number of amides is 1. The zero-order valence-electron chi connectivity index (χ0n) is 10.6. The summed E-state index contributed by atoms with van der Waals surface area (Å²) in [7, 11) is 0. The van der Waals surface area contributed by atoms with Crippen LogP contribution in [0.15, 0.2) is 18.2 Å². The van der Waals surface area contributed by atoms with Gasteiger partial charge in [-0.15, -0.1) is 0 Å². The molecule has 0 unspecified atom stereocenters. The molecule has 0 aromatic heterocycles. The fourth-order valence-corrected chi connectivity index (χ4v) is 2.94. The largest absolute Gasteiger partial charge is 0.507 e. The zero-order chi connectivity index (χ0) is 13.8. The minimum atomic E-state index is -0.420. The summed E-state index contributed by atoms with van der Waals surface area (Å²) in [5.41, 5.74) is -0.0447. The van der Waals surface area contributed by atoms with E-state index in [1.807, 2.05) is 0 Å². The highest BCUT2D eigenvalue weighted by Crippen LogP contribution is 2.29. The summed E-state index contributed by atoms with van der Waals surface area (Å²) < 4.78 is 0. The SMILES string of the molecule is O=C(NCC1CCC(Br)CC1)c1c(O)cccc1O. The Bertz CT molecular complexity index is 436. The number of halogens is 1. The molecular weight excluding hydrogens is 310 g/mol. The zero-order valence-corrected chi connectivity index (χ0v) is 12.2. The number of alkyl halides is 1. The van der Waals surface area contributed by atoms with Crippen molar-refractivity contribution < 1.29 is 15.0 Å². The van der Waals surface area contributed by atoms with E-state index in [9.17, 15) is 15.0 Å². The molecule has 0 heterocycles. The third-order valence-electron chi connectivity index (χ3n) is 3.58. The Balaban J connectivity index is 1.91. The summed E-state index contributed by atoms with van der Waals surface area (Å²) in [6.07, 6.45) is 4.43. The number of aromatic hydroxyl groups is 2. The molecule has 1 aliphatic rings. The fourth-order valence-electron chi connectivity index (χ4n) is 2.41. The van der Waals surface area contributed by atoms with Gasteiger partial charge in [0.1, 0.15) is 17.1 Å². The van der Waals surface area contributed by atoms with E-state index in [0.29, 0.717) is 17.3 Å². The molecule has 0 saturated heterocycles. The van der Waals surface area contributed by atoms with Crippen molar-refractivity contribution in [2.45, 2.75) is 30.5 Å². The Kier molecular flexibility index (Phi) is 4.69. The molecule has 0 bridgehead atoms. The molecule has 0 atom stereocenters. The van der Waals surface area contributed by atoms with Gasteiger partial charge in [0.15, 0.2) is 0 Å². The first-order valence-electron chi connectivity index (χ1n) is 6.51. The van der Waals surface area contributed by atoms with Gasteiger partial charge in [0, 0.05) is 11.4 Å². The van der Waals surface area contributed by atoms with Crippen molar-refractivity contribution in [3.63, 3.8) is 0 Å². The first kappa shape index (κ1) is 14.2. The lowest BCUT2D eigenvalue weighted by Crippen LogP contribution is -2.31. The van der Waals surface area contributed by atoms with Crippen LogP contribution < -0.4 is 5.32 Å². The van der Waals surface area contributed by atoms with Gasteiger partial charge in [0.2, 0.25) is 0 Å². The molecular formula is C14H18BrNO3. The van der Waals surface area contributed by atoms with Gasteiger partial charge < -0.3 is 15.5 Å². The summed E-state index contributed by atoms with van der Waals surface area (Å²) in [6, 6.07) is 4.29. The highest BCUT2D eigenvalue weighted by molar-refractivity contribution is 9.09. The Hall–Kier alpha value is -1.23. The minimum absolute atomic E-state index is 0.0447. The van der Waals surface area contributed by atoms with Crippen LogP contribution in [0.2, 0.25) is 0 Å². The highest BCUT2D eigenvalue weighted by Gasteiger charge is 2.21. The molecule has 0 radical (unpaired) electrons. The fraction of sp³-hybridized carbons (Fsp3) is 0.500. The van der Waals surface area contributed by atoms with Crippen LogP contribution in [-0.2, 0) is 0 Å². The summed E-state index contributed by atoms with van der Waals surface area (Å²) in [6.45, 7) is 0.590. The van der Waals surface area contributed by atoms with Gasteiger partial charge in [-0.05, 0) is 43.7 Å². The molecule has 1 aromatic rings. The van der Waals surface area contributed by atoms with E-state index in [1.165, 1.54) is 18.2 Å². The number of benzene rings is 1. The molecule has 4 nitrogen and oxygen atoms in total. The second-order valence-corrected chi connectivity index (χ2v) is 6.29. The lowest BCUT2D eigenvalue weighted by atomic mass is 9.89. The summed E-state index contributed by atoms with van der Waals surface area (Å²) in [5.74, 6) is -0.328. The van der Waals surface area contributed by atoms with Gasteiger partial charge in [0.05, 0.1) is 0 Å². The maximum Gasteiger partial charge on any atom is 0.258 e. The molecule has 5 heteroatoms. The van der Waals surface area contributed by atoms with Crippen molar-refractivity contribution >= 4 is 21.8 Å². The van der Waals surface area contributed by atoms with Gasteiger partial charge in [-0.25, -0.2) is 0 Å². The Morgan fingerprint density at radius 1 is 1.21 bits per heavy atom. The third-order valence-corrected chi connectivity index (χ3v) is 4.49. The van der Waals surface area contributed by atoms with Gasteiger partial charge >= 0.3 is 0 Å². The maximum absolute atomic E-state index is 12.0. The van der Waals surface area contributed by atoms with E-state index in [-0.39, 0.29) is 17.1 Å². The lowest BCUT2D eigenvalue weighted by molar-refractivity contribution is 0.0938. The number of phenolic OH excluding ortho intramolecular Hbond substituents is 2. The number of phenols is 2. The molecule has 0 aliphatic heterocycles. The Morgan fingerprint density at radius 3 is 2.37 bits per heavy atom. The standard InChI is InChI=1S/C14H18BrNO3/c15-10-6-4-9(5-7-10)8-16-14(19)13-11(17)2-1-3-12(13)18/h1-3,9-10,17-18H,4-8H2,(H,16,19). The predicted octanol–water partition coefficient (Wildman–Crippen LogP) is 2.78. The van der Waals surface area contributed by atoms with Gasteiger partial charge in [-0.2, -0.15) is 0 Å². The van der Waals surface area contributed by atoms with E-state index in [0.717, 1.165) is 25.7 Å². The number of carbonyl (C=O) groups excluding carboxylic acids is 1. The topological polar surface area (TPSA) is 69.6 Å². The van der Waals surface area contributed by atoms with Crippen LogP contribution in [0.1, 0.15) is 36.0 Å². The number of carbonyl (C=O) groups is 1. The Labute approximate surface area is 121 Å². The average molecular weight is 328 g/mol. The first-order chi connectivity index (χ1) is 9.08. The number of hydrogen-bond acceptors (Lipinski definition) is 3. The van der Waals surface area contributed by atoms with Crippen molar-refractivity contribution in [3.05, 3.63) is 23.8 Å². The van der Waals surface area contributed by atoms with E-state index >= 15 is 0 Å². The van der Waals surface area contributed by atoms with E-state index in [2.05, 4.69) is 21.2 Å². The summed E-state index contributed by atoms with van der Waals surface area (Å²) >= 11 is 3.60. The number of rotatable bonds is 3. The first-order valence-corrected chi connectivity index (χ1v) is 7.42. The molecule has 1 aromatic carbocycles. The molecule has 1 amide bonds. The molecule has 1 saturated carbocycles. The second kappa shape index (κ2) is 6.28. The van der Waals surface area contributed by atoms with Gasteiger partial charge in [-0.3, -0.25) is 4.79 Å². The van der Waals surface area contributed by atoms with Crippen molar-refractivity contribution in [1.29, 1.82) is 0 Å². The van der Waals surface area contributed by atoms with Crippen molar-refractivity contribution in [3.8, 4) is 11.5 Å². The minimum Gasteiger partial charge on any atom is -0.507 e. The van der Waals surface area contributed by atoms with Crippen LogP contribution in [0, 0.1) is 5.92 Å². The second-order valence-electron chi connectivity index (χ2n) is 5.00. The lowest BCUT2D eigenvalue weighted by Gasteiger charge is -2.25. The average Bonchev–Trinajstić information content (AvgIpc) is 2.38. The smallest absolute Gasteiger partial charge is 0.258 e. The van der Waals surface area contributed by atoms with Crippen molar-refractivity contribution in [1.82, 2.24) is 5.32 Å². The van der Waals surface area contributed by atoms with Crippen LogP contribution in [0.5, 0.6) is 11.5 Å². The van der Waals surface area contributed by atoms with Gasteiger partial charge in [0.25, 0.3) is 5.91 Å². The van der Waals surface area contributed by atoms with Crippen molar-refractivity contribution in [2.24, 2.45) is 5.92 Å². The quantitative estimate of drug-likeness (QED) is 0.747. The van der Waals surface area contributed by atoms with Crippen LogP contribution >= 0.6 is 15.9 Å². The molecule has 1 fully saturated rings. The van der Waals surface area contributed by atoms with E-state index in [4.69, 9.17) is 0 Å². The maximum atomic E-state index is 12.0. The molecule has 1 aliphatic carbocycles. The monoisotopic (exact) mass is 327 g/mol. The van der Waals surface area contributed by atoms with Gasteiger partial charge in [-0.1, -0.05) is 22.0 Å². The highest BCUT2D eigenvalue weighted by atomic mass is 79.9. The van der Waals surface area contributed by atoms with Crippen LogP contribution in [0.4, 0.5) is 0 Å². The predicted molar refractivity (Wildman–Crippen MR) is 76.8 cm³/mol. The normalized spacial score (nSPS) is 23.0. The molecule has 2 rings (SSSR count). The van der Waals surface area contributed by atoms with Crippen LogP contribution in [0.3, 0.4) is 0 Å². The summed E-state index contributed by atoms with van der Waals surface area (Å²) in [4.78, 5) is 12.6. The molecule has 3 N–H and O–H groups in total. The Morgan fingerprint density at radius 2 is 1.79 bits per heavy atom. The van der Waals surface area contributed by atoms with E-state index < -0.39 is 5.91 Å². The summed E-state index contributed by atoms with van der Waals surface area (Å²) in [5, 5.41) is 22.0. The number of hydrogen-bond donors (Lipinski definition) is 3. The van der Waals surface area contributed by atoms with Crippen LogP contribution in [0.25, 0.3) is 0 Å². The third kappa shape index (κ3) is 3.62. The molecule has 104 valence electrons. The van der Waals surface area contributed by atoms with E-state index in [1.54, 1.807) is 0 Å². The van der Waals surface area contributed by atoms with Crippen LogP contribution in [-0.4, -0.2) is 27.5 Å². The number of nitrogens with one attached hydrogen (secondary N) is 1. The molecule has 0 spiro atoms. The van der Waals surface area contributed by atoms with Crippen molar-refractivity contribution in [2.75, 3.05) is 6.54 Å². The molecule has 19 heavy (non-hydrogen) atoms.